The molecule has 1 rings (SSSR count). The van der Waals surface area contributed by atoms with Crippen LogP contribution in [-0.2, 0) is 4.74 Å². The van der Waals surface area contributed by atoms with Crippen LogP contribution in [0.5, 0.6) is 0 Å². The van der Waals surface area contributed by atoms with Crippen molar-refractivity contribution in [3.63, 3.8) is 0 Å². The Morgan fingerprint density at radius 2 is 1.78 bits per heavy atom. The minimum absolute atomic E-state index is 0.548. The van der Waals surface area contributed by atoms with Crippen LogP contribution in [0.3, 0.4) is 0 Å². The van der Waals surface area contributed by atoms with Gasteiger partial charge < -0.3 is 15.8 Å². The maximum absolute atomic E-state index is 6.06. The first-order valence-corrected chi connectivity index (χ1v) is 6.97. The number of nitrogens with one attached hydrogen (secondary N) is 1. The maximum Gasteiger partial charge on any atom is 0.0720 e. The van der Waals surface area contributed by atoms with Gasteiger partial charge in [0.2, 0.25) is 0 Å². The average Bonchev–Trinajstić information content (AvgIpc) is 2.30. The molecule has 0 saturated carbocycles. The number of unbranched alkanes of at least 4 members (excludes halogenated alkanes) is 1. The quantitative estimate of drug-likeness (QED) is 0.557. The largest absolute Gasteiger partial charge is 0.399 e. The first-order chi connectivity index (χ1) is 8.65. The molecule has 3 nitrogen and oxygen atoms in total. The smallest absolute Gasteiger partial charge is 0.0720 e. The Hall–Kier alpha value is -0.640. The third-order valence-electron chi connectivity index (χ3n) is 2.47. The van der Waals surface area contributed by atoms with E-state index in [2.05, 4.69) is 12.2 Å². The summed E-state index contributed by atoms with van der Waals surface area (Å²) in [5.74, 6) is 0. The Kier molecular flexibility index (Phi) is 7.25. The molecule has 0 aromatic heterocycles. The molecule has 0 atom stereocenters. The van der Waals surface area contributed by atoms with E-state index in [-0.39, 0.29) is 0 Å². The van der Waals surface area contributed by atoms with Crippen molar-refractivity contribution >= 4 is 34.6 Å². The average molecular weight is 291 g/mol. The van der Waals surface area contributed by atoms with E-state index in [1.807, 2.05) is 0 Å². The standard InChI is InChI=1S/C13H20Cl2N2O/c1-2-3-6-18-7-4-5-17-13-11(14)8-10(16)9-12(13)15/h8-9,17H,2-7,16H2,1H3. The summed E-state index contributed by atoms with van der Waals surface area (Å²) in [5, 5.41) is 4.30. The third kappa shape index (κ3) is 5.34. The fourth-order valence-electron chi connectivity index (χ4n) is 1.50. The molecule has 0 aliphatic rings. The summed E-state index contributed by atoms with van der Waals surface area (Å²) in [6.07, 6.45) is 3.19. The second-order valence-corrected chi connectivity index (χ2v) is 4.92. The number of ether oxygens (including phenoxy) is 1. The lowest BCUT2D eigenvalue weighted by atomic mass is 10.2. The topological polar surface area (TPSA) is 47.3 Å². The van der Waals surface area contributed by atoms with E-state index >= 15 is 0 Å². The SMILES string of the molecule is CCCCOCCCNc1c(Cl)cc(N)cc1Cl. The van der Waals surface area contributed by atoms with E-state index in [0.717, 1.165) is 44.7 Å². The number of halogens is 2. The fourth-order valence-corrected chi connectivity index (χ4v) is 2.14. The molecule has 0 amide bonds. The van der Waals surface area contributed by atoms with Crippen molar-refractivity contribution in [2.45, 2.75) is 26.2 Å². The van der Waals surface area contributed by atoms with E-state index in [1.54, 1.807) is 12.1 Å². The van der Waals surface area contributed by atoms with Crippen LogP contribution in [0.4, 0.5) is 11.4 Å². The van der Waals surface area contributed by atoms with Crippen LogP contribution in [0.15, 0.2) is 12.1 Å². The van der Waals surface area contributed by atoms with Crippen molar-refractivity contribution < 1.29 is 4.74 Å². The van der Waals surface area contributed by atoms with Gasteiger partial charge in [-0.2, -0.15) is 0 Å². The number of nitrogens with two attached hydrogens (primary N) is 1. The van der Waals surface area contributed by atoms with Gasteiger partial charge in [-0.25, -0.2) is 0 Å². The van der Waals surface area contributed by atoms with Gasteiger partial charge >= 0.3 is 0 Å². The van der Waals surface area contributed by atoms with Crippen LogP contribution in [0.25, 0.3) is 0 Å². The zero-order chi connectivity index (χ0) is 13.4. The van der Waals surface area contributed by atoms with Crippen molar-refractivity contribution in [2.75, 3.05) is 30.8 Å². The first kappa shape index (κ1) is 15.4. The highest BCUT2D eigenvalue weighted by Crippen LogP contribution is 2.32. The summed E-state index contributed by atoms with van der Waals surface area (Å²) in [5.41, 5.74) is 6.94. The fraction of sp³-hybridized carbons (Fsp3) is 0.538. The molecule has 0 radical (unpaired) electrons. The Labute approximate surface area is 119 Å². The van der Waals surface area contributed by atoms with Gasteiger partial charge in [-0.15, -0.1) is 0 Å². The Morgan fingerprint density at radius 3 is 2.39 bits per heavy atom. The summed E-state index contributed by atoms with van der Waals surface area (Å²) in [7, 11) is 0. The lowest BCUT2D eigenvalue weighted by Gasteiger charge is -2.11. The molecule has 0 aliphatic heterocycles. The summed E-state index contributed by atoms with van der Waals surface area (Å²) >= 11 is 12.1. The van der Waals surface area contributed by atoms with E-state index in [4.69, 9.17) is 33.7 Å². The summed E-state index contributed by atoms with van der Waals surface area (Å²) in [6, 6.07) is 3.38. The van der Waals surface area contributed by atoms with Crippen LogP contribution in [-0.4, -0.2) is 19.8 Å². The summed E-state index contributed by atoms with van der Waals surface area (Å²) in [4.78, 5) is 0. The van der Waals surface area contributed by atoms with Crippen LogP contribution in [0.1, 0.15) is 26.2 Å². The molecule has 0 spiro atoms. The molecule has 0 fully saturated rings. The Balaban J connectivity index is 2.27. The van der Waals surface area contributed by atoms with E-state index in [0.29, 0.717) is 15.7 Å². The van der Waals surface area contributed by atoms with Gasteiger partial charge in [-0.3, -0.25) is 0 Å². The van der Waals surface area contributed by atoms with Crippen LogP contribution in [0, 0.1) is 0 Å². The predicted molar refractivity (Wildman–Crippen MR) is 79.7 cm³/mol. The monoisotopic (exact) mass is 290 g/mol. The molecule has 0 saturated heterocycles. The number of benzene rings is 1. The van der Waals surface area contributed by atoms with Crippen molar-refractivity contribution in [2.24, 2.45) is 0 Å². The summed E-state index contributed by atoms with van der Waals surface area (Å²) in [6.45, 7) is 4.50. The molecule has 0 heterocycles. The van der Waals surface area contributed by atoms with Gasteiger partial charge in [-0.05, 0) is 25.0 Å². The molecule has 0 unspecified atom stereocenters. The van der Waals surface area contributed by atoms with E-state index in [1.165, 1.54) is 0 Å². The molecule has 0 aliphatic carbocycles. The van der Waals surface area contributed by atoms with Gasteiger partial charge in [0.25, 0.3) is 0 Å². The molecule has 1 aromatic carbocycles. The molecule has 0 bridgehead atoms. The maximum atomic E-state index is 6.06. The highest BCUT2D eigenvalue weighted by atomic mass is 35.5. The predicted octanol–water partition coefficient (Wildman–Crippen LogP) is 4.19. The Bertz CT molecular complexity index is 349. The molecule has 102 valence electrons. The van der Waals surface area contributed by atoms with Crippen LogP contribution < -0.4 is 11.1 Å². The minimum Gasteiger partial charge on any atom is -0.399 e. The lowest BCUT2D eigenvalue weighted by molar-refractivity contribution is 0.131. The highest BCUT2D eigenvalue weighted by Gasteiger charge is 2.06. The minimum atomic E-state index is 0.548. The van der Waals surface area contributed by atoms with Gasteiger partial charge in [-0.1, -0.05) is 36.5 Å². The van der Waals surface area contributed by atoms with Crippen LogP contribution >= 0.6 is 23.2 Å². The molecular formula is C13H20Cl2N2O. The highest BCUT2D eigenvalue weighted by molar-refractivity contribution is 6.39. The number of rotatable bonds is 8. The normalized spacial score (nSPS) is 10.6. The van der Waals surface area contributed by atoms with Crippen LogP contribution in [0.2, 0.25) is 10.0 Å². The van der Waals surface area contributed by atoms with Gasteiger partial charge in [0.05, 0.1) is 15.7 Å². The zero-order valence-corrected chi connectivity index (χ0v) is 12.2. The number of hydrogen-bond acceptors (Lipinski definition) is 3. The van der Waals surface area contributed by atoms with Gasteiger partial charge in [0.1, 0.15) is 0 Å². The molecule has 5 heteroatoms. The lowest BCUT2D eigenvalue weighted by Crippen LogP contribution is -2.07. The molecule has 3 N–H and O–H groups in total. The number of nitrogen functional groups attached to an aromatic ring is 1. The molecular weight excluding hydrogens is 271 g/mol. The molecule has 1 aromatic rings. The second-order valence-electron chi connectivity index (χ2n) is 4.11. The summed E-state index contributed by atoms with van der Waals surface area (Å²) < 4.78 is 5.47. The van der Waals surface area contributed by atoms with Gasteiger partial charge in [0, 0.05) is 25.4 Å². The van der Waals surface area contributed by atoms with Crippen molar-refractivity contribution in [1.82, 2.24) is 0 Å². The van der Waals surface area contributed by atoms with Crippen molar-refractivity contribution in [3.05, 3.63) is 22.2 Å². The van der Waals surface area contributed by atoms with Gasteiger partial charge in [0.15, 0.2) is 0 Å². The Morgan fingerprint density at radius 1 is 1.17 bits per heavy atom. The van der Waals surface area contributed by atoms with Crippen molar-refractivity contribution in [3.8, 4) is 0 Å². The molecule has 18 heavy (non-hydrogen) atoms. The number of anilines is 2. The zero-order valence-electron chi connectivity index (χ0n) is 10.6. The second kappa shape index (κ2) is 8.46. The number of hydrogen-bond donors (Lipinski definition) is 2. The van der Waals surface area contributed by atoms with E-state index < -0.39 is 0 Å². The first-order valence-electron chi connectivity index (χ1n) is 6.21. The van der Waals surface area contributed by atoms with E-state index in [9.17, 15) is 0 Å². The third-order valence-corrected chi connectivity index (χ3v) is 3.07. The van der Waals surface area contributed by atoms with Crippen molar-refractivity contribution in [1.29, 1.82) is 0 Å².